The Hall–Kier alpha value is -2.04. The lowest BCUT2D eigenvalue weighted by Crippen LogP contribution is -2.30. The molecule has 0 aliphatic rings. The number of nitrogen functional groups attached to an aromatic ring is 1. The molecular formula is C24H40N2O3. The van der Waals surface area contributed by atoms with Crippen LogP contribution in [0.3, 0.4) is 0 Å². The van der Waals surface area contributed by atoms with Gasteiger partial charge in [-0.15, -0.1) is 0 Å². The zero-order valence-electron chi connectivity index (χ0n) is 19.5. The van der Waals surface area contributed by atoms with Gasteiger partial charge in [-0.1, -0.05) is 27.7 Å². The summed E-state index contributed by atoms with van der Waals surface area (Å²) in [5.41, 5.74) is 7.53. The van der Waals surface area contributed by atoms with Crippen molar-refractivity contribution in [3.63, 3.8) is 0 Å². The predicted octanol–water partition coefficient (Wildman–Crippen LogP) is 5.69. The summed E-state index contributed by atoms with van der Waals surface area (Å²) in [6, 6.07) is 5.63. The number of hydrogen-bond acceptors (Lipinski definition) is 5. The Balaban J connectivity index is 2.89. The SMILES string of the molecule is CC(C)CC(C)Nc1ccc(C(=O)C[C@@H](CC(C)C)C(=O)OC(C)(C)C)cc1N. The first-order valence-corrected chi connectivity index (χ1v) is 10.7. The van der Waals surface area contributed by atoms with Crippen LogP contribution in [0.5, 0.6) is 0 Å². The van der Waals surface area contributed by atoms with Crippen LogP contribution in [-0.4, -0.2) is 23.4 Å². The number of hydrogen-bond donors (Lipinski definition) is 2. The largest absolute Gasteiger partial charge is 0.460 e. The van der Waals surface area contributed by atoms with E-state index in [0.717, 1.165) is 12.1 Å². The number of ketones is 1. The van der Waals surface area contributed by atoms with Gasteiger partial charge in [0, 0.05) is 18.0 Å². The van der Waals surface area contributed by atoms with Crippen molar-refractivity contribution in [3.05, 3.63) is 23.8 Å². The summed E-state index contributed by atoms with van der Waals surface area (Å²) in [6.45, 7) is 16.1. The average molecular weight is 405 g/mol. The van der Waals surface area contributed by atoms with Gasteiger partial charge in [0.25, 0.3) is 0 Å². The number of benzene rings is 1. The van der Waals surface area contributed by atoms with Crippen molar-refractivity contribution in [2.75, 3.05) is 11.1 Å². The zero-order valence-corrected chi connectivity index (χ0v) is 19.5. The highest BCUT2D eigenvalue weighted by Crippen LogP contribution is 2.26. The molecule has 0 saturated heterocycles. The van der Waals surface area contributed by atoms with E-state index in [1.807, 2.05) is 40.7 Å². The molecule has 0 heterocycles. The molecule has 29 heavy (non-hydrogen) atoms. The van der Waals surface area contributed by atoms with Crippen LogP contribution in [-0.2, 0) is 9.53 Å². The van der Waals surface area contributed by atoms with Crippen LogP contribution in [0.1, 0.15) is 85.0 Å². The minimum atomic E-state index is -0.570. The Morgan fingerprint density at radius 2 is 1.62 bits per heavy atom. The predicted molar refractivity (Wildman–Crippen MR) is 121 cm³/mol. The van der Waals surface area contributed by atoms with Crippen molar-refractivity contribution >= 4 is 23.1 Å². The molecule has 0 bridgehead atoms. The molecule has 3 N–H and O–H groups in total. The third kappa shape index (κ3) is 9.33. The van der Waals surface area contributed by atoms with E-state index in [1.54, 1.807) is 12.1 Å². The van der Waals surface area contributed by atoms with Crippen LogP contribution in [0, 0.1) is 17.8 Å². The summed E-state index contributed by atoms with van der Waals surface area (Å²) in [7, 11) is 0. The molecule has 0 amide bonds. The maximum atomic E-state index is 12.9. The van der Waals surface area contributed by atoms with Crippen LogP contribution >= 0.6 is 0 Å². The first-order valence-electron chi connectivity index (χ1n) is 10.7. The summed E-state index contributed by atoms with van der Waals surface area (Å²) in [5.74, 6) is 0.0276. The maximum Gasteiger partial charge on any atom is 0.309 e. The number of anilines is 2. The van der Waals surface area contributed by atoms with E-state index in [-0.39, 0.29) is 18.2 Å². The van der Waals surface area contributed by atoms with E-state index in [4.69, 9.17) is 10.5 Å². The van der Waals surface area contributed by atoms with Gasteiger partial charge < -0.3 is 15.8 Å². The molecule has 5 nitrogen and oxygen atoms in total. The van der Waals surface area contributed by atoms with E-state index in [1.165, 1.54) is 0 Å². The summed E-state index contributed by atoms with van der Waals surface area (Å²) in [4.78, 5) is 25.4. The van der Waals surface area contributed by atoms with Gasteiger partial charge in [0.05, 0.1) is 17.3 Å². The monoisotopic (exact) mass is 404 g/mol. The number of ether oxygens (including phenoxy) is 1. The molecule has 0 spiro atoms. The van der Waals surface area contributed by atoms with Crippen molar-refractivity contribution in [2.24, 2.45) is 17.8 Å². The molecule has 0 aromatic heterocycles. The topological polar surface area (TPSA) is 81.4 Å². The number of carbonyl (C=O) groups is 2. The lowest BCUT2D eigenvalue weighted by Gasteiger charge is -2.24. The Bertz CT molecular complexity index is 690. The summed E-state index contributed by atoms with van der Waals surface area (Å²) in [6.07, 6.45) is 1.78. The van der Waals surface area contributed by atoms with Crippen molar-refractivity contribution in [3.8, 4) is 0 Å². The smallest absolute Gasteiger partial charge is 0.309 e. The zero-order chi connectivity index (χ0) is 22.4. The van der Waals surface area contributed by atoms with E-state index in [9.17, 15) is 9.59 Å². The van der Waals surface area contributed by atoms with Gasteiger partial charge in [0.2, 0.25) is 0 Å². The first kappa shape index (κ1) is 25.0. The number of nitrogens with two attached hydrogens (primary N) is 1. The van der Waals surface area contributed by atoms with Crippen LogP contribution in [0.4, 0.5) is 11.4 Å². The highest BCUT2D eigenvalue weighted by Gasteiger charge is 2.28. The molecule has 1 aromatic carbocycles. The highest BCUT2D eigenvalue weighted by atomic mass is 16.6. The number of Topliss-reactive ketones (excluding diaryl/α,β-unsaturated/α-hetero) is 1. The van der Waals surface area contributed by atoms with E-state index in [2.05, 4.69) is 26.1 Å². The van der Waals surface area contributed by atoms with Gasteiger partial charge in [0.1, 0.15) is 5.60 Å². The van der Waals surface area contributed by atoms with Gasteiger partial charge in [-0.3, -0.25) is 9.59 Å². The Morgan fingerprint density at radius 3 is 2.10 bits per heavy atom. The number of nitrogens with one attached hydrogen (secondary N) is 1. The van der Waals surface area contributed by atoms with Gasteiger partial charge in [-0.2, -0.15) is 0 Å². The van der Waals surface area contributed by atoms with Crippen molar-refractivity contribution in [2.45, 2.75) is 86.3 Å². The molecule has 0 aliphatic heterocycles. The molecule has 0 aliphatic carbocycles. The second kappa shape index (κ2) is 10.7. The molecule has 1 unspecified atom stereocenters. The van der Waals surface area contributed by atoms with Gasteiger partial charge in [0.15, 0.2) is 5.78 Å². The lowest BCUT2D eigenvalue weighted by atomic mass is 9.90. The number of esters is 1. The van der Waals surface area contributed by atoms with E-state index >= 15 is 0 Å². The third-order valence-corrected chi connectivity index (χ3v) is 4.53. The van der Waals surface area contributed by atoms with E-state index < -0.39 is 11.5 Å². The van der Waals surface area contributed by atoms with Crippen LogP contribution < -0.4 is 11.1 Å². The minimum Gasteiger partial charge on any atom is -0.460 e. The molecule has 0 fully saturated rings. The fraction of sp³-hybridized carbons (Fsp3) is 0.667. The number of rotatable bonds is 10. The van der Waals surface area contributed by atoms with Crippen molar-refractivity contribution in [1.82, 2.24) is 0 Å². The molecule has 5 heteroatoms. The second-order valence-electron chi connectivity index (χ2n) is 9.96. The highest BCUT2D eigenvalue weighted by molar-refractivity contribution is 5.99. The summed E-state index contributed by atoms with van der Waals surface area (Å²) in [5, 5.41) is 3.41. The van der Waals surface area contributed by atoms with Crippen LogP contribution in [0.15, 0.2) is 18.2 Å². The van der Waals surface area contributed by atoms with Gasteiger partial charge in [-0.25, -0.2) is 0 Å². The average Bonchev–Trinajstić information content (AvgIpc) is 2.53. The summed E-state index contributed by atoms with van der Waals surface area (Å²) < 4.78 is 5.53. The van der Waals surface area contributed by atoms with Gasteiger partial charge in [-0.05, 0) is 70.6 Å². The van der Waals surface area contributed by atoms with E-state index in [0.29, 0.717) is 35.5 Å². The molecule has 2 atom stereocenters. The Morgan fingerprint density at radius 1 is 1.03 bits per heavy atom. The Kier molecular flexibility index (Phi) is 9.18. The quantitative estimate of drug-likeness (QED) is 0.297. The standard InChI is InChI=1S/C24H40N2O3/c1-15(2)11-17(5)26-21-10-9-18(13-20(21)25)22(27)14-19(12-16(3)4)23(28)29-24(6,7)8/h9-10,13,15-17,19,26H,11-12,14,25H2,1-8H3/t17?,19-/m1/s1. The third-order valence-electron chi connectivity index (χ3n) is 4.53. The molecule has 164 valence electrons. The minimum absolute atomic E-state index is 0.0880. The maximum absolute atomic E-state index is 12.9. The molecule has 0 saturated carbocycles. The molecule has 1 aromatic rings. The molecule has 1 rings (SSSR count). The Labute approximate surface area is 176 Å². The normalized spacial score (nSPS) is 14.0. The van der Waals surface area contributed by atoms with Crippen LogP contribution in [0.25, 0.3) is 0 Å². The second-order valence-corrected chi connectivity index (χ2v) is 9.96. The molecular weight excluding hydrogens is 364 g/mol. The van der Waals surface area contributed by atoms with Crippen molar-refractivity contribution in [1.29, 1.82) is 0 Å². The number of carbonyl (C=O) groups excluding carboxylic acids is 2. The fourth-order valence-electron chi connectivity index (χ4n) is 3.46. The van der Waals surface area contributed by atoms with Gasteiger partial charge >= 0.3 is 5.97 Å². The van der Waals surface area contributed by atoms with Crippen LogP contribution in [0.2, 0.25) is 0 Å². The van der Waals surface area contributed by atoms with Crippen molar-refractivity contribution < 1.29 is 14.3 Å². The first-order chi connectivity index (χ1) is 13.3. The fourth-order valence-corrected chi connectivity index (χ4v) is 3.46. The summed E-state index contributed by atoms with van der Waals surface area (Å²) >= 11 is 0. The lowest BCUT2D eigenvalue weighted by molar-refractivity contribution is -0.160. The molecule has 0 radical (unpaired) electrons.